The van der Waals surface area contributed by atoms with Crippen LogP contribution in [0.1, 0.15) is 56.4 Å². The van der Waals surface area contributed by atoms with E-state index in [4.69, 9.17) is 5.11 Å². The Morgan fingerprint density at radius 1 is 1.56 bits per heavy atom. The first kappa shape index (κ1) is 21.7. The van der Waals surface area contributed by atoms with Crippen LogP contribution in [0.15, 0.2) is 21.9 Å². The van der Waals surface area contributed by atoms with Crippen molar-refractivity contribution in [1.29, 1.82) is 0 Å². The molecule has 0 aromatic carbocycles. The van der Waals surface area contributed by atoms with Crippen molar-refractivity contribution < 1.29 is 19.8 Å². The Morgan fingerprint density at radius 3 is 3.00 bits per heavy atom. The largest absolute Gasteiger partial charge is 0.476 e. The molecule has 1 aromatic rings. The summed E-state index contributed by atoms with van der Waals surface area (Å²) in [4.78, 5) is 27.1. The van der Waals surface area contributed by atoms with Crippen LogP contribution in [0.3, 0.4) is 0 Å². The van der Waals surface area contributed by atoms with E-state index < -0.39 is 11.6 Å². The molecule has 2 N–H and O–H groups in total. The molecule has 5 nitrogen and oxygen atoms in total. The van der Waals surface area contributed by atoms with Crippen LogP contribution < -0.4 is 0 Å². The topological polar surface area (TPSA) is 87.5 Å². The molecule has 1 saturated carbocycles. The third-order valence-corrected chi connectivity index (χ3v) is 6.50. The fourth-order valence-electron chi connectivity index (χ4n) is 3.04. The monoisotopic (exact) mass is 407 g/mol. The average molecular weight is 408 g/mol. The van der Waals surface area contributed by atoms with Crippen LogP contribution in [0, 0.1) is 23.7 Å². The lowest BCUT2D eigenvalue weighted by Crippen LogP contribution is -2.20. The minimum atomic E-state index is -1.03. The summed E-state index contributed by atoms with van der Waals surface area (Å²) in [6.45, 7) is 3.65. The van der Waals surface area contributed by atoms with Crippen molar-refractivity contribution in [2.75, 3.05) is 5.75 Å². The fourth-order valence-corrected chi connectivity index (χ4v) is 4.93. The number of ketones is 1. The molecule has 0 saturated heterocycles. The molecule has 0 spiro atoms. The number of carboxylic acid groups (broad SMARTS) is 1. The van der Waals surface area contributed by atoms with Gasteiger partial charge in [0.05, 0.1) is 0 Å². The number of thioether (sulfide) groups is 1. The lowest BCUT2D eigenvalue weighted by molar-refractivity contribution is -0.121. The Morgan fingerprint density at radius 2 is 2.33 bits per heavy atom. The Hall–Kier alpha value is -1.62. The molecule has 1 heterocycles. The molecule has 1 aromatic heterocycles. The first-order chi connectivity index (χ1) is 12.8. The molecule has 1 fully saturated rings. The highest BCUT2D eigenvalue weighted by Gasteiger charge is 2.32. The van der Waals surface area contributed by atoms with Gasteiger partial charge in [0.1, 0.15) is 11.4 Å². The van der Waals surface area contributed by atoms with Crippen LogP contribution in [0.5, 0.6) is 0 Å². The Labute approximate surface area is 168 Å². The molecular formula is C20H25NO4S2. The standard InChI is InChI=1S/C20H25NO4S2/c1-3-4-10-20(2,25)11-5-6-14-7-8-17(22)15(14)9-12-26-19-21-16(13-27-19)18(23)24/h5-6,13-15,25H,3,7-9,11-12H2,1-2H3,(H,23,24)/b6-5+/t14-,15+,20-/m0/s1. The molecule has 27 heavy (non-hydrogen) atoms. The van der Waals surface area contributed by atoms with Crippen LogP contribution >= 0.6 is 23.1 Å². The highest BCUT2D eigenvalue weighted by atomic mass is 32.2. The van der Waals surface area contributed by atoms with E-state index in [-0.39, 0.29) is 23.3 Å². The Balaban J connectivity index is 1.86. The van der Waals surface area contributed by atoms with Gasteiger partial charge < -0.3 is 10.2 Å². The van der Waals surface area contributed by atoms with Gasteiger partial charge >= 0.3 is 5.97 Å². The molecule has 1 aliphatic carbocycles. The van der Waals surface area contributed by atoms with E-state index in [1.165, 1.54) is 28.5 Å². The zero-order chi connectivity index (χ0) is 19.9. The second kappa shape index (κ2) is 10.1. The van der Waals surface area contributed by atoms with Crippen molar-refractivity contribution in [3.63, 3.8) is 0 Å². The molecule has 0 amide bonds. The molecule has 146 valence electrons. The van der Waals surface area contributed by atoms with Gasteiger partial charge in [0.15, 0.2) is 10.0 Å². The van der Waals surface area contributed by atoms with Crippen molar-refractivity contribution in [3.8, 4) is 11.8 Å². The van der Waals surface area contributed by atoms with Gasteiger partial charge in [-0.1, -0.05) is 36.8 Å². The lowest BCUT2D eigenvalue weighted by atomic mass is 9.91. The van der Waals surface area contributed by atoms with E-state index in [0.717, 1.165) is 22.9 Å². The summed E-state index contributed by atoms with van der Waals surface area (Å²) in [5, 5.41) is 20.6. The van der Waals surface area contributed by atoms with Gasteiger partial charge in [-0.2, -0.15) is 0 Å². The van der Waals surface area contributed by atoms with Crippen LogP contribution in [0.25, 0.3) is 0 Å². The number of hydrogen-bond donors (Lipinski definition) is 2. The number of carbonyl (C=O) groups is 2. The average Bonchev–Trinajstić information content (AvgIpc) is 3.22. The second-order valence-corrected chi connectivity index (χ2v) is 8.98. The first-order valence-corrected chi connectivity index (χ1v) is 10.9. The minimum Gasteiger partial charge on any atom is -0.476 e. The number of carbonyl (C=O) groups excluding carboxylic acids is 1. The van der Waals surface area contributed by atoms with Gasteiger partial charge in [-0.25, -0.2) is 9.78 Å². The predicted octanol–water partition coefficient (Wildman–Crippen LogP) is 4.03. The van der Waals surface area contributed by atoms with E-state index >= 15 is 0 Å². The second-order valence-electron chi connectivity index (χ2n) is 6.78. The van der Waals surface area contributed by atoms with Crippen LogP contribution in [-0.2, 0) is 4.79 Å². The quantitative estimate of drug-likeness (QED) is 0.384. The summed E-state index contributed by atoms with van der Waals surface area (Å²) in [5.74, 6) is 5.93. The minimum absolute atomic E-state index is 0.0145. The summed E-state index contributed by atoms with van der Waals surface area (Å²) in [7, 11) is 0. The Bertz CT molecular complexity index is 758. The van der Waals surface area contributed by atoms with Crippen molar-refractivity contribution in [2.24, 2.45) is 11.8 Å². The Kier molecular flexibility index (Phi) is 8.08. The van der Waals surface area contributed by atoms with Gasteiger partial charge in [0.25, 0.3) is 0 Å². The number of aliphatic hydroxyl groups is 1. The number of nitrogens with zero attached hydrogens (tertiary/aromatic N) is 1. The lowest BCUT2D eigenvalue weighted by Gasteiger charge is -2.16. The highest BCUT2D eigenvalue weighted by Crippen LogP contribution is 2.35. The van der Waals surface area contributed by atoms with Crippen molar-refractivity contribution in [2.45, 2.75) is 55.9 Å². The molecule has 0 aliphatic heterocycles. The van der Waals surface area contributed by atoms with Gasteiger partial charge in [0.2, 0.25) is 0 Å². The molecular weight excluding hydrogens is 382 g/mol. The van der Waals surface area contributed by atoms with Crippen LogP contribution in [0.4, 0.5) is 0 Å². The molecule has 3 atom stereocenters. The maximum Gasteiger partial charge on any atom is 0.355 e. The summed E-state index contributed by atoms with van der Waals surface area (Å²) < 4.78 is 0.718. The predicted molar refractivity (Wildman–Crippen MR) is 108 cm³/mol. The number of hydrogen-bond acceptors (Lipinski definition) is 6. The van der Waals surface area contributed by atoms with E-state index in [9.17, 15) is 14.7 Å². The summed E-state index contributed by atoms with van der Waals surface area (Å²) in [6, 6.07) is 0. The van der Waals surface area contributed by atoms with E-state index in [1.54, 1.807) is 6.92 Å². The smallest absolute Gasteiger partial charge is 0.355 e. The number of aromatic carboxylic acids is 1. The molecule has 2 rings (SSSR count). The highest BCUT2D eigenvalue weighted by molar-refractivity contribution is 8.01. The molecule has 7 heteroatoms. The summed E-state index contributed by atoms with van der Waals surface area (Å²) >= 11 is 2.81. The number of rotatable bonds is 8. The van der Waals surface area contributed by atoms with Crippen LogP contribution in [0.2, 0.25) is 0 Å². The van der Waals surface area contributed by atoms with Gasteiger partial charge in [-0.15, -0.1) is 17.3 Å². The van der Waals surface area contributed by atoms with Crippen molar-refractivity contribution >= 4 is 34.9 Å². The SMILES string of the molecule is CCC#C[C@](C)(O)C/C=C/[C@H]1CCC(=O)[C@@H]1CCSc1nc(C(=O)O)cs1. The van der Waals surface area contributed by atoms with Gasteiger partial charge in [-0.05, 0) is 25.7 Å². The fraction of sp³-hybridized carbons (Fsp3) is 0.550. The van der Waals surface area contributed by atoms with E-state index in [1.807, 2.05) is 19.1 Å². The number of thiazole rings is 1. The molecule has 0 unspecified atom stereocenters. The van der Waals surface area contributed by atoms with Crippen molar-refractivity contribution in [1.82, 2.24) is 4.98 Å². The molecule has 1 aliphatic rings. The maximum atomic E-state index is 12.2. The van der Waals surface area contributed by atoms with E-state index in [2.05, 4.69) is 16.8 Å². The van der Waals surface area contributed by atoms with E-state index in [0.29, 0.717) is 19.3 Å². The van der Waals surface area contributed by atoms with Crippen molar-refractivity contribution in [3.05, 3.63) is 23.2 Å². The first-order valence-electron chi connectivity index (χ1n) is 9.06. The van der Waals surface area contributed by atoms with Gasteiger partial charge in [0, 0.05) is 36.3 Å². The zero-order valence-electron chi connectivity index (χ0n) is 15.6. The zero-order valence-corrected chi connectivity index (χ0v) is 17.2. The third-order valence-electron chi connectivity index (χ3n) is 4.44. The normalized spacial score (nSPS) is 21.8. The molecule has 0 radical (unpaired) electrons. The summed E-state index contributed by atoms with van der Waals surface area (Å²) in [6.07, 6.45) is 7.33. The number of carboxylic acids is 1. The van der Waals surface area contributed by atoms with Gasteiger partial charge in [-0.3, -0.25) is 4.79 Å². The number of aromatic nitrogens is 1. The van der Waals surface area contributed by atoms with Crippen LogP contribution in [-0.4, -0.2) is 38.3 Å². The maximum absolute atomic E-state index is 12.2. The number of Topliss-reactive ketones (excluding diaryl/α,β-unsaturated/α-hetero) is 1. The summed E-state index contributed by atoms with van der Waals surface area (Å²) in [5.41, 5.74) is -0.967. The number of allylic oxidation sites excluding steroid dienone is 1. The third kappa shape index (κ3) is 6.80. The molecule has 0 bridgehead atoms.